The second-order valence-corrected chi connectivity index (χ2v) is 6.94. The Balaban J connectivity index is 0.00000225. The molecule has 2 aromatic rings. The molecule has 0 atom stereocenters. The molecule has 3 rings (SSSR count). The Morgan fingerprint density at radius 1 is 1.04 bits per heavy atom. The summed E-state index contributed by atoms with van der Waals surface area (Å²) in [6.45, 7) is 4.48. The lowest BCUT2D eigenvalue weighted by Gasteiger charge is -2.15. The number of hydrogen-bond acceptors (Lipinski definition) is 1. The minimum atomic E-state index is 0. The largest absolute Gasteiger partial charge is 0.360 e. The average Bonchev–Trinajstić information content (AvgIpc) is 3.20. The molecular weight excluding hydrogens is 330 g/mol. The maximum absolute atomic E-state index is 4.97. The smallest absolute Gasteiger partial charge is 0.0659 e. The minimum Gasteiger partial charge on any atom is -0.360 e. The predicted molar refractivity (Wildman–Crippen MR) is 110 cm³/mol. The van der Waals surface area contributed by atoms with E-state index >= 15 is 0 Å². The van der Waals surface area contributed by atoms with Gasteiger partial charge in [0.05, 0.1) is 23.1 Å². The van der Waals surface area contributed by atoms with Gasteiger partial charge in [-0.3, -0.25) is 4.99 Å². The van der Waals surface area contributed by atoms with Crippen LogP contribution in [0.3, 0.4) is 0 Å². The number of halogens is 1. The summed E-state index contributed by atoms with van der Waals surface area (Å²) in [4.78, 5) is 11.9. The highest BCUT2D eigenvalue weighted by Gasteiger charge is 2.16. The van der Waals surface area contributed by atoms with E-state index in [9.17, 15) is 0 Å². The van der Waals surface area contributed by atoms with Crippen molar-refractivity contribution in [1.29, 1.82) is 0 Å². The van der Waals surface area contributed by atoms with Crippen LogP contribution in [0.15, 0.2) is 23.3 Å². The van der Waals surface area contributed by atoms with Crippen LogP contribution in [-0.2, 0) is 12.8 Å². The lowest BCUT2D eigenvalue weighted by Crippen LogP contribution is -2.07. The van der Waals surface area contributed by atoms with Crippen molar-refractivity contribution in [2.24, 2.45) is 4.99 Å². The number of aromatic amines is 2. The molecular formula is C21H32ClN3. The van der Waals surface area contributed by atoms with Gasteiger partial charge < -0.3 is 9.97 Å². The average molecular weight is 362 g/mol. The van der Waals surface area contributed by atoms with E-state index in [1.807, 2.05) is 6.20 Å². The first-order valence-corrected chi connectivity index (χ1v) is 9.74. The fraction of sp³-hybridized carbons (Fsp3) is 0.571. The lowest BCUT2D eigenvalue weighted by atomic mass is 9.97. The van der Waals surface area contributed by atoms with Crippen molar-refractivity contribution < 1.29 is 0 Å². The molecule has 0 radical (unpaired) electrons. The fourth-order valence-electron chi connectivity index (χ4n) is 3.98. The highest BCUT2D eigenvalue weighted by atomic mass is 35.5. The van der Waals surface area contributed by atoms with E-state index in [2.05, 4.69) is 42.2 Å². The summed E-state index contributed by atoms with van der Waals surface area (Å²) in [5.41, 5.74) is 6.47. The molecule has 0 bridgehead atoms. The van der Waals surface area contributed by atoms with Crippen LogP contribution in [0, 0.1) is 0 Å². The van der Waals surface area contributed by atoms with E-state index in [0.29, 0.717) is 6.04 Å². The molecule has 25 heavy (non-hydrogen) atoms. The molecule has 2 N–H and O–H groups in total. The van der Waals surface area contributed by atoms with Crippen LogP contribution in [0.2, 0.25) is 0 Å². The maximum atomic E-state index is 4.97. The van der Waals surface area contributed by atoms with E-state index in [1.165, 1.54) is 73.2 Å². The van der Waals surface area contributed by atoms with Gasteiger partial charge in [-0.2, -0.15) is 0 Å². The molecule has 1 aliphatic rings. The third-order valence-electron chi connectivity index (χ3n) is 5.31. The zero-order valence-electron chi connectivity index (χ0n) is 15.6. The van der Waals surface area contributed by atoms with E-state index in [0.717, 1.165) is 12.8 Å². The minimum absolute atomic E-state index is 0. The number of aromatic nitrogens is 2. The van der Waals surface area contributed by atoms with Crippen molar-refractivity contribution in [2.45, 2.75) is 77.7 Å². The second-order valence-electron chi connectivity index (χ2n) is 6.94. The van der Waals surface area contributed by atoms with Gasteiger partial charge in [0.2, 0.25) is 0 Å². The first-order chi connectivity index (χ1) is 11.8. The predicted octanol–water partition coefficient (Wildman–Crippen LogP) is 6.09. The number of nitrogens with one attached hydrogen (secondary N) is 2. The van der Waals surface area contributed by atoms with E-state index in [1.54, 1.807) is 0 Å². The van der Waals surface area contributed by atoms with Gasteiger partial charge in [-0.15, -0.1) is 12.4 Å². The molecule has 138 valence electrons. The zero-order valence-corrected chi connectivity index (χ0v) is 16.4. The molecule has 0 unspecified atom stereocenters. The van der Waals surface area contributed by atoms with Crippen LogP contribution in [-0.4, -0.2) is 22.2 Å². The third-order valence-corrected chi connectivity index (χ3v) is 5.31. The molecule has 0 amide bonds. The third kappa shape index (κ3) is 4.78. The van der Waals surface area contributed by atoms with Crippen LogP contribution in [0.25, 0.3) is 11.4 Å². The van der Waals surface area contributed by atoms with Gasteiger partial charge in [0, 0.05) is 12.4 Å². The molecule has 0 saturated heterocycles. The van der Waals surface area contributed by atoms with Crippen LogP contribution in [0.4, 0.5) is 0 Å². The Bertz CT molecular complexity index is 647. The van der Waals surface area contributed by atoms with Crippen LogP contribution < -0.4 is 0 Å². The summed E-state index contributed by atoms with van der Waals surface area (Å²) < 4.78 is 0. The quantitative estimate of drug-likeness (QED) is 0.605. The highest BCUT2D eigenvalue weighted by molar-refractivity contribution is 5.85. The first kappa shape index (κ1) is 19.8. The Labute approximate surface area is 158 Å². The van der Waals surface area contributed by atoms with Crippen LogP contribution in [0.1, 0.15) is 75.6 Å². The summed E-state index contributed by atoms with van der Waals surface area (Å²) >= 11 is 0. The zero-order chi connectivity index (χ0) is 16.8. The van der Waals surface area contributed by atoms with Gasteiger partial charge in [0.25, 0.3) is 0 Å². The SMILES string of the molecule is CCc1c(C=NC2CCCCCCC2)[nH]c(-c2ccc[nH]2)c1CC.Cl. The molecule has 1 fully saturated rings. The van der Waals surface area contributed by atoms with Crippen LogP contribution >= 0.6 is 12.4 Å². The first-order valence-electron chi connectivity index (χ1n) is 9.74. The molecule has 3 nitrogen and oxygen atoms in total. The molecule has 0 spiro atoms. The Morgan fingerprint density at radius 3 is 2.32 bits per heavy atom. The highest BCUT2D eigenvalue weighted by Crippen LogP contribution is 2.28. The number of rotatable bonds is 5. The number of hydrogen-bond donors (Lipinski definition) is 2. The Morgan fingerprint density at radius 2 is 1.72 bits per heavy atom. The van der Waals surface area contributed by atoms with Crippen molar-refractivity contribution in [3.63, 3.8) is 0 Å². The van der Waals surface area contributed by atoms with Gasteiger partial charge in [-0.05, 0) is 48.9 Å². The molecule has 1 saturated carbocycles. The Hall–Kier alpha value is -1.48. The molecule has 4 heteroatoms. The molecule has 0 aliphatic heterocycles. The topological polar surface area (TPSA) is 43.9 Å². The summed E-state index contributed by atoms with van der Waals surface area (Å²) in [6, 6.07) is 4.71. The number of nitrogens with zero attached hydrogens (tertiary/aromatic N) is 1. The van der Waals surface area contributed by atoms with Gasteiger partial charge in [-0.1, -0.05) is 46.0 Å². The van der Waals surface area contributed by atoms with Gasteiger partial charge in [0.15, 0.2) is 0 Å². The summed E-state index contributed by atoms with van der Waals surface area (Å²) in [5.74, 6) is 0. The number of H-pyrrole nitrogens is 2. The molecule has 1 aliphatic carbocycles. The van der Waals surface area contributed by atoms with Crippen molar-refractivity contribution in [3.8, 4) is 11.4 Å². The van der Waals surface area contributed by atoms with Crippen molar-refractivity contribution in [2.75, 3.05) is 0 Å². The standard InChI is InChI=1S/C21H31N3.ClH/c1-3-17-18(4-2)21(19-13-10-14-22-19)24-20(17)15-23-16-11-8-6-5-7-9-12-16;/h10,13-16,22,24H,3-9,11-12H2,1-2H3;1H. The van der Waals surface area contributed by atoms with Gasteiger partial charge in [-0.25, -0.2) is 0 Å². The van der Waals surface area contributed by atoms with Crippen molar-refractivity contribution >= 4 is 18.6 Å². The monoisotopic (exact) mass is 361 g/mol. The summed E-state index contributed by atoms with van der Waals surface area (Å²) in [7, 11) is 0. The Kier molecular flexibility index (Phi) is 7.83. The fourth-order valence-corrected chi connectivity index (χ4v) is 3.98. The summed E-state index contributed by atoms with van der Waals surface area (Å²) in [6.07, 6.45) is 15.6. The van der Waals surface area contributed by atoms with Crippen LogP contribution in [0.5, 0.6) is 0 Å². The molecule has 2 aromatic heterocycles. The van der Waals surface area contributed by atoms with Gasteiger partial charge in [0.1, 0.15) is 0 Å². The van der Waals surface area contributed by atoms with E-state index in [-0.39, 0.29) is 12.4 Å². The van der Waals surface area contributed by atoms with Crippen molar-refractivity contribution in [1.82, 2.24) is 9.97 Å². The lowest BCUT2D eigenvalue weighted by molar-refractivity contribution is 0.456. The van der Waals surface area contributed by atoms with Crippen molar-refractivity contribution in [3.05, 3.63) is 35.2 Å². The van der Waals surface area contributed by atoms with E-state index < -0.39 is 0 Å². The number of aliphatic imine (C=N–C) groups is 1. The maximum Gasteiger partial charge on any atom is 0.0659 e. The summed E-state index contributed by atoms with van der Waals surface area (Å²) in [5, 5.41) is 0. The second kappa shape index (κ2) is 9.86. The normalized spacial score (nSPS) is 16.6. The molecule has 0 aromatic carbocycles. The van der Waals surface area contributed by atoms with E-state index in [4.69, 9.17) is 4.99 Å². The van der Waals surface area contributed by atoms with Gasteiger partial charge >= 0.3 is 0 Å². The molecule has 2 heterocycles.